The molecular weight excluding hydrogens is 524 g/mol. The fourth-order valence-corrected chi connectivity index (χ4v) is 3.90. The van der Waals surface area contributed by atoms with E-state index in [2.05, 4.69) is 21.2 Å². The van der Waals surface area contributed by atoms with Crippen molar-refractivity contribution in [2.75, 3.05) is 12.0 Å². The zero-order chi connectivity index (χ0) is 24.2. The van der Waals surface area contributed by atoms with Crippen LogP contribution in [0.4, 0.5) is 10.5 Å². The van der Waals surface area contributed by atoms with E-state index in [1.807, 2.05) is 18.2 Å². The van der Waals surface area contributed by atoms with Gasteiger partial charge in [0.15, 0.2) is 0 Å². The van der Waals surface area contributed by atoms with E-state index in [4.69, 9.17) is 21.1 Å². The van der Waals surface area contributed by atoms with E-state index in [9.17, 15) is 14.4 Å². The second-order valence-corrected chi connectivity index (χ2v) is 8.54. The summed E-state index contributed by atoms with van der Waals surface area (Å²) in [4.78, 5) is 39.0. The Kier molecular flexibility index (Phi) is 7.00. The first-order valence-electron chi connectivity index (χ1n) is 10.1. The number of halogens is 2. The third-order valence-corrected chi connectivity index (χ3v) is 5.90. The summed E-state index contributed by atoms with van der Waals surface area (Å²) < 4.78 is 11.8. The maximum absolute atomic E-state index is 13.1. The molecule has 0 aliphatic carbocycles. The first kappa shape index (κ1) is 23.5. The summed E-state index contributed by atoms with van der Waals surface area (Å²) in [5, 5.41) is 2.81. The van der Waals surface area contributed by atoms with Gasteiger partial charge in [-0.3, -0.25) is 14.9 Å². The average Bonchev–Trinajstić information content (AvgIpc) is 2.82. The lowest BCUT2D eigenvalue weighted by Gasteiger charge is -2.26. The Balaban J connectivity index is 1.57. The SMILES string of the molecule is COc1ccc(Br)cc1/C=C1\C(=O)NC(=O)N(c2ccc(OCc3ccccc3Cl)cc2)C1=O. The molecule has 4 amide bonds. The van der Waals surface area contributed by atoms with Crippen molar-refractivity contribution in [3.05, 3.63) is 92.9 Å². The van der Waals surface area contributed by atoms with Gasteiger partial charge in [0.2, 0.25) is 0 Å². The van der Waals surface area contributed by atoms with E-state index in [0.29, 0.717) is 22.1 Å². The van der Waals surface area contributed by atoms with Crippen LogP contribution in [-0.2, 0) is 16.2 Å². The molecule has 4 rings (SSSR count). The first-order valence-corrected chi connectivity index (χ1v) is 11.3. The van der Waals surface area contributed by atoms with Gasteiger partial charge in [-0.2, -0.15) is 0 Å². The van der Waals surface area contributed by atoms with Gasteiger partial charge in [0.05, 0.1) is 12.8 Å². The van der Waals surface area contributed by atoms with Crippen molar-refractivity contribution in [3.8, 4) is 11.5 Å². The summed E-state index contributed by atoms with van der Waals surface area (Å²) in [6, 6.07) is 18.1. The monoisotopic (exact) mass is 540 g/mol. The van der Waals surface area contributed by atoms with Crippen molar-refractivity contribution in [1.29, 1.82) is 0 Å². The number of anilines is 1. The largest absolute Gasteiger partial charge is 0.496 e. The van der Waals surface area contributed by atoms with Crippen molar-refractivity contribution in [2.45, 2.75) is 6.61 Å². The molecular formula is C25H18BrClN2O5. The third kappa shape index (κ3) is 4.98. The van der Waals surface area contributed by atoms with Crippen LogP contribution in [0.5, 0.6) is 11.5 Å². The number of methoxy groups -OCH3 is 1. The molecule has 172 valence electrons. The van der Waals surface area contributed by atoms with Gasteiger partial charge in [-0.05, 0) is 54.6 Å². The highest BCUT2D eigenvalue weighted by molar-refractivity contribution is 9.10. The second kappa shape index (κ2) is 10.1. The molecule has 0 aromatic heterocycles. The van der Waals surface area contributed by atoms with E-state index in [0.717, 1.165) is 14.9 Å². The average molecular weight is 542 g/mol. The van der Waals surface area contributed by atoms with Crippen LogP contribution in [0.3, 0.4) is 0 Å². The molecule has 3 aromatic rings. The Morgan fingerprint density at radius 3 is 2.47 bits per heavy atom. The molecule has 0 saturated carbocycles. The molecule has 0 spiro atoms. The van der Waals surface area contributed by atoms with Gasteiger partial charge in [0, 0.05) is 20.6 Å². The number of benzene rings is 3. The number of carbonyl (C=O) groups excluding carboxylic acids is 3. The maximum Gasteiger partial charge on any atom is 0.335 e. The molecule has 1 aliphatic rings. The molecule has 0 unspecified atom stereocenters. The van der Waals surface area contributed by atoms with Crippen molar-refractivity contribution in [2.24, 2.45) is 0 Å². The lowest BCUT2D eigenvalue weighted by molar-refractivity contribution is -0.122. The number of amides is 4. The summed E-state index contributed by atoms with van der Waals surface area (Å²) in [6.07, 6.45) is 1.39. The number of nitrogens with zero attached hydrogens (tertiary/aromatic N) is 1. The maximum atomic E-state index is 13.1. The molecule has 1 heterocycles. The molecule has 3 aromatic carbocycles. The van der Waals surface area contributed by atoms with Crippen LogP contribution in [0.25, 0.3) is 6.08 Å². The molecule has 9 heteroatoms. The smallest absolute Gasteiger partial charge is 0.335 e. The predicted octanol–water partition coefficient (Wildman–Crippen LogP) is 5.36. The fraction of sp³-hybridized carbons (Fsp3) is 0.0800. The van der Waals surface area contributed by atoms with Crippen molar-refractivity contribution >= 4 is 57.1 Å². The Hall–Kier alpha value is -3.62. The Morgan fingerprint density at radius 1 is 1.03 bits per heavy atom. The lowest BCUT2D eigenvalue weighted by Crippen LogP contribution is -2.54. The van der Waals surface area contributed by atoms with Crippen molar-refractivity contribution in [3.63, 3.8) is 0 Å². The number of hydrogen-bond donors (Lipinski definition) is 1. The highest BCUT2D eigenvalue weighted by atomic mass is 79.9. The molecule has 0 bridgehead atoms. The first-order chi connectivity index (χ1) is 16.4. The Morgan fingerprint density at radius 2 is 1.76 bits per heavy atom. The molecule has 1 fully saturated rings. The second-order valence-electron chi connectivity index (χ2n) is 7.22. The molecule has 1 aliphatic heterocycles. The van der Waals surface area contributed by atoms with E-state index in [1.165, 1.54) is 13.2 Å². The minimum atomic E-state index is -0.835. The number of ether oxygens (including phenoxy) is 2. The summed E-state index contributed by atoms with van der Waals surface area (Å²) in [6.45, 7) is 0.262. The lowest BCUT2D eigenvalue weighted by atomic mass is 10.1. The van der Waals surface area contributed by atoms with Gasteiger partial charge >= 0.3 is 6.03 Å². The van der Waals surface area contributed by atoms with E-state index in [1.54, 1.807) is 48.5 Å². The fourth-order valence-electron chi connectivity index (χ4n) is 3.33. The molecule has 34 heavy (non-hydrogen) atoms. The van der Waals surface area contributed by atoms with Crippen molar-refractivity contribution in [1.82, 2.24) is 5.32 Å². The molecule has 0 atom stereocenters. The minimum absolute atomic E-state index is 0.199. The Labute approximate surface area is 209 Å². The van der Waals surface area contributed by atoms with Crippen LogP contribution in [-0.4, -0.2) is 25.0 Å². The predicted molar refractivity (Wildman–Crippen MR) is 132 cm³/mol. The van der Waals surface area contributed by atoms with Crippen LogP contribution in [0.1, 0.15) is 11.1 Å². The van der Waals surface area contributed by atoms with Crippen molar-refractivity contribution < 1.29 is 23.9 Å². The van der Waals surface area contributed by atoms with E-state index >= 15 is 0 Å². The summed E-state index contributed by atoms with van der Waals surface area (Å²) >= 11 is 9.51. The Bertz CT molecular complexity index is 1310. The quantitative estimate of drug-likeness (QED) is 0.336. The molecule has 1 saturated heterocycles. The number of nitrogens with one attached hydrogen (secondary N) is 1. The zero-order valence-electron chi connectivity index (χ0n) is 17.9. The number of hydrogen-bond acceptors (Lipinski definition) is 5. The molecule has 0 radical (unpaired) electrons. The van der Waals surface area contributed by atoms with Gasteiger partial charge in [0.25, 0.3) is 11.8 Å². The number of imide groups is 2. The number of rotatable bonds is 6. The van der Waals surface area contributed by atoms with Gasteiger partial charge < -0.3 is 9.47 Å². The normalized spacial score (nSPS) is 14.9. The van der Waals surface area contributed by atoms with Gasteiger partial charge in [0.1, 0.15) is 23.7 Å². The topological polar surface area (TPSA) is 84.9 Å². The molecule has 7 nitrogen and oxygen atoms in total. The highest BCUT2D eigenvalue weighted by Gasteiger charge is 2.37. The van der Waals surface area contributed by atoms with E-state index in [-0.39, 0.29) is 17.9 Å². The number of barbiturate groups is 1. The number of carbonyl (C=O) groups is 3. The molecule has 1 N–H and O–H groups in total. The van der Waals surface area contributed by atoms with Crippen LogP contribution >= 0.6 is 27.5 Å². The zero-order valence-corrected chi connectivity index (χ0v) is 20.2. The van der Waals surface area contributed by atoms with E-state index < -0.39 is 17.8 Å². The summed E-state index contributed by atoms with van der Waals surface area (Å²) in [5.74, 6) is -0.535. The van der Waals surface area contributed by atoms with Gasteiger partial charge in [-0.15, -0.1) is 0 Å². The van der Waals surface area contributed by atoms with Gasteiger partial charge in [-0.1, -0.05) is 45.7 Å². The van der Waals surface area contributed by atoms with Crippen LogP contribution < -0.4 is 19.7 Å². The van der Waals surface area contributed by atoms with Gasteiger partial charge in [-0.25, -0.2) is 9.69 Å². The standard InChI is InChI=1S/C25H18BrClN2O5/c1-33-22-11-6-17(26)12-16(22)13-20-23(30)28-25(32)29(24(20)31)18-7-9-19(10-8-18)34-14-15-4-2-3-5-21(15)27/h2-13H,14H2,1H3,(H,28,30,32)/b20-13+. The minimum Gasteiger partial charge on any atom is -0.496 e. The van der Waals surface area contributed by atoms with Crippen LogP contribution in [0, 0.1) is 0 Å². The summed E-state index contributed by atoms with van der Waals surface area (Å²) in [7, 11) is 1.49. The third-order valence-electron chi connectivity index (χ3n) is 5.04. The van der Waals surface area contributed by atoms with Crippen LogP contribution in [0.15, 0.2) is 76.8 Å². The highest BCUT2D eigenvalue weighted by Crippen LogP contribution is 2.29. The summed E-state index contributed by atoms with van der Waals surface area (Å²) in [5.41, 5.74) is 1.42. The van der Waals surface area contributed by atoms with Crippen LogP contribution in [0.2, 0.25) is 5.02 Å². The number of urea groups is 1.